The summed E-state index contributed by atoms with van der Waals surface area (Å²) in [5.41, 5.74) is 0.419. The molecule has 3 N–H and O–H groups in total. The van der Waals surface area contributed by atoms with E-state index in [1.165, 1.54) is 29.0 Å². The molecule has 1 fully saturated rings. The predicted octanol–water partition coefficient (Wildman–Crippen LogP) is 2.09. The molecule has 29 heavy (non-hydrogen) atoms. The van der Waals surface area contributed by atoms with Crippen molar-refractivity contribution in [2.75, 3.05) is 25.0 Å². The van der Waals surface area contributed by atoms with Gasteiger partial charge in [0.2, 0.25) is 5.95 Å². The van der Waals surface area contributed by atoms with E-state index in [4.69, 9.17) is 0 Å². The third kappa shape index (κ3) is 4.50. The van der Waals surface area contributed by atoms with E-state index in [1.54, 1.807) is 6.07 Å². The largest absolute Gasteiger partial charge is 0.573 e. The summed E-state index contributed by atoms with van der Waals surface area (Å²) in [4.78, 5) is 23.6. The van der Waals surface area contributed by atoms with Crippen molar-refractivity contribution in [2.45, 2.75) is 19.3 Å². The number of hydrogen-bond donors (Lipinski definition) is 3. The van der Waals surface area contributed by atoms with Crippen molar-refractivity contribution in [3.63, 3.8) is 0 Å². The van der Waals surface area contributed by atoms with Crippen LogP contribution in [0, 0.1) is 5.92 Å². The van der Waals surface area contributed by atoms with Crippen LogP contribution in [0.4, 0.5) is 19.1 Å². The van der Waals surface area contributed by atoms with Gasteiger partial charge in [-0.15, -0.1) is 13.2 Å². The summed E-state index contributed by atoms with van der Waals surface area (Å²) in [6, 6.07) is 5.70. The minimum Gasteiger partial charge on any atom is -0.405 e. The van der Waals surface area contributed by atoms with E-state index in [0.29, 0.717) is 29.6 Å². The van der Waals surface area contributed by atoms with Gasteiger partial charge in [-0.25, -0.2) is 9.78 Å². The maximum atomic E-state index is 12.7. The lowest BCUT2D eigenvalue weighted by atomic mass is 10.1. The highest BCUT2D eigenvalue weighted by Crippen LogP contribution is 2.27. The number of aromatic nitrogens is 4. The SMILES string of the molecule is O=c1[nH]c2cnc(NC[C@H]3CCNC3)nc2n1Cc1ccccc1OC(F)(F)F. The van der Waals surface area contributed by atoms with Gasteiger partial charge in [-0.3, -0.25) is 4.57 Å². The van der Waals surface area contributed by atoms with E-state index < -0.39 is 12.1 Å². The highest BCUT2D eigenvalue weighted by atomic mass is 19.4. The minimum absolute atomic E-state index is 0.131. The standard InChI is InChI=1S/C18H19F3N6O2/c19-18(20,21)29-14-4-2-1-3-12(14)10-27-15-13(25-17(27)28)9-24-16(26-15)23-8-11-5-6-22-7-11/h1-4,9,11,22H,5-8,10H2,(H,25,28)(H,23,24,26)/t11-/m0/s1. The summed E-state index contributed by atoms with van der Waals surface area (Å²) in [5, 5.41) is 6.43. The Kier molecular flexibility index (Phi) is 5.14. The first-order chi connectivity index (χ1) is 13.9. The number of fused-ring (bicyclic) bond motifs is 1. The average Bonchev–Trinajstić information content (AvgIpc) is 3.28. The molecule has 1 aromatic carbocycles. The number of halogens is 3. The molecule has 8 nitrogen and oxygen atoms in total. The molecule has 2 aromatic heterocycles. The van der Waals surface area contributed by atoms with Crippen LogP contribution < -0.4 is 21.1 Å². The Balaban J connectivity index is 1.61. The normalized spacial score (nSPS) is 17.0. The molecule has 0 spiro atoms. The number of H-pyrrole nitrogens is 1. The van der Waals surface area contributed by atoms with Crippen molar-refractivity contribution >= 4 is 17.1 Å². The number of para-hydroxylation sites is 1. The molecule has 11 heteroatoms. The number of aromatic amines is 1. The molecule has 1 atom stereocenters. The van der Waals surface area contributed by atoms with Crippen LogP contribution in [0.25, 0.3) is 11.2 Å². The summed E-state index contributed by atoms with van der Waals surface area (Å²) in [6.07, 6.45) is -2.29. The average molecular weight is 408 g/mol. The van der Waals surface area contributed by atoms with Gasteiger partial charge in [0.15, 0.2) is 5.65 Å². The quantitative estimate of drug-likeness (QED) is 0.578. The maximum Gasteiger partial charge on any atom is 0.573 e. The van der Waals surface area contributed by atoms with Gasteiger partial charge in [-0.05, 0) is 31.5 Å². The molecular weight excluding hydrogens is 389 g/mol. The van der Waals surface area contributed by atoms with E-state index in [-0.39, 0.29) is 17.9 Å². The molecule has 0 saturated carbocycles. The smallest absolute Gasteiger partial charge is 0.405 e. The van der Waals surface area contributed by atoms with Gasteiger partial charge < -0.3 is 20.4 Å². The number of ether oxygens (including phenoxy) is 1. The van der Waals surface area contributed by atoms with Crippen molar-refractivity contribution in [3.05, 3.63) is 46.5 Å². The van der Waals surface area contributed by atoms with Gasteiger partial charge >= 0.3 is 12.1 Å². The number of hydrogen-bond acceptors (Lipinski definition) is 6. The highest BCUT2D eigenvalue weighted by Gasteiger charge is 2.32. The van der Waals surface area contributed by atoms with Crippen molar-refractivity contribution in [1.82, 2.24) is 24.8 Å². The fourth-order valence-corrected chi connectivity index (χ4v) is 3.33. The Labute approximate surface area is 163 Å². The molecule has 3 aromatic rings. The first kappa shape index (κ1) is 19.2. The fourth-order valence-electron chi connectivity index (χ4n) is 3.33. The third-order valence-electron chi connectivity index (χ3n) is 4.75. The number of rotatable bonds is 6. The van der Waals surface area contributed by atoms with E-state index in [0.717, 1.165) is 19.5 Å². The zero-order valence-electron chi connectivity index (χ0n) is 15.3. The summed E-state index contributed by atoms with van der Waals surface area (Å²) >= 11 is 0. The summed E-state index contributed by atoms with van der Waals surface area (Å²) in [5.74, 6) is 0.466. The zero-order chi connectivity index (χ0) is 20.4. The van der Waals surface area contributed by atoms with Crippen LogP contribution in [0.1, 0.15) is 12.0 Å². The molecule has 1 saturated heterocycles. The Bertz CT molecular complexity index is 1060. The predicted molar refractivity (Wildman–Crippen MR) is 99.8 cm³/mol. The molecule has 0 radical (unpaired) electrons. The van der Waals surface area contributed by atoms with E-state index in [1.807, 2.05) is 0 Å². The Morgan fingerprint density at radius 1 is 1.31 bits per heavy atom. The fraction of sp³-hybridized carbons (Fsp3) is 0.389. The van der Waals surface area contributed by atoms with Crippen LogP contribution in [0.15, 0.2) is 35.3 Å². The molecule has 0 bridgehead atoms. The topological polar surface area (TPSA) is 96.9 Å². The molecule has 4 rings (SSSR count). The Morgan fingerprint density at radius 3 is 2.90 bits per heavy atom. The summed E-state index contributed by atoms with van der Waals surface area (Å²) in [7, 11) is 0. The van der Waals surface area contributed by atoms with Gasteiger partial charge in [0, 0.05) is 12.1 Å². The first-order valence-electron chi connectivity index (χ1n) is 9.13. The van der Waals surface area contributed by atoms with Gasteiger partial charge in [-0.1, -0.05) is 18.2 Å². The number of imidazole rings is 1. The maximum absolute atomic E-state index is 12.7. The van der Waals surface area contributed by atoms with E-state index >= 15 is 0 Å². The molecule has 3 heterocycles. The zero-order valence-corrected chi connectivity index (χ0v) is 15.3. The van der Waals surface area contributed by atoms with Gasteiger partial charge in [-0.2, -0.15) is 4.98 Å². The van der Waals surface area contributed by atoms with Crippen LogP contribution in [0.2, 0.25) is 0 Å². The van der Waals surface area contributed by atoms with E-state index in [9.17, 15) is 18.0 Å². The minimum atomic E-state index is -4.82. The Morgan fingerprint density at radius 2 is 2.14 bits per heavy atom. The van der Waals surface area contributed by atoms with Crippen LogP contribution in [0.3, 0.4) is 0 Å². The van der Waals surface area contributed by atoms with Crippen molar-refractivity contribution in [1.29, 1.82) is 0 Å². The monoisotopic (exact) mass is 408 g/mol. The van der Waals surface area contributed by atoms with Crippen LogP contribution in [0.5, 0.6) is 5.75 Å². The lowest BCUT2D eigenvalue weighted by Gasteiger charge is -2.13. The van der Waals surface area contributed by atoms with Gasteiger partial charge in [0.25, 0.3) is 0 Å². The number of nitrogens with one attached hydrogen (secondary N) is 3. The molecule has 1 aliphatic rings. The summed E-state index contributed by atoms with van der Waals surface area (Å²) in [6.45, 7) is 2.45. The van der Waals surface area contributed by atoms with Crippen molar-refractivity contribution in [2.24, 2.45) is 5.92 Å². The van der Waals surface area contributed by atoms with Gasteiger partial charge in [0.05, 0.1) is 12.7 Å². The van der Waals surface area contributed by atoms with Crippen LogP contribution in [-0.2, 0) is 6.54 Å². The molecule has 0 unspecified atom stereocenters. The first-order valence-corrected chi connectivity index (χ1v) is 9.13. The number of anilines is 1. The molecule has 1 aliphatic heterocycles. The lowest BCUT2D eigenvalue weighted by molar-refractivity contribution is -0.274. The van der Waals surface area contributed by atoms with E-state index in [2.05, 4.69) is 30.3 Å². The number of alkyl halides is 3. The third-order valence-corrected chi connectivity index (χ3v) is 4.75. The highest BCUT2D eigenvalue weighted by molar-refractivity contribution is 5.71. The second kappa shape index (κ2) is 7.74. The van der Waals surface area contributed by atoms with Crippen LogP contribution >= 0.6 is 0 Å². The van der Waals surface area contributed by atoms with Crippen LogP contribution in [-0.4, -0.2) is 45.5 Å². The van der Waals surface area contributed by atoms with Crippen molar-refractivity contribution < 1.29 is 17.9 Å². The molecule has 0 aliphatic carbocycles. The molecular formula is C18H19F3N6O2. The summed E-state index contributed by atoms with van der Waals surface area (Å²) < 4.78 is 43.3. The second-order valence-corrected chi connectivity index (χ2v) is 6.84. The molecule has 154 valence electrons. The second-order valence-electron chi connectivity index (χ2n) is 6.84. The van der Waals surface area contributed by atoms with Gasteiger partial charge in [0.1, 0.15) is 11.3 Å². The lowest BCUT2D eigenvalue weighted by Crippen LogP contribution is -2.21. The molecule has 0 amide bonds. The van der Waals surface area contributed by atoms with Crippen molar-refractivity contribution in [3.8, 4) is 5.75 Å². The number of nitrogens with zero attached hydrogens (tertiary/aromatic N) is 3. The number of benzene rings is 1. The Hall–Kier alpha value is -3.08.